The second kappa shape index (κ2) is 6.86. The van der Waals surface area contributed by atoms with Crippen LogP contribution in [0.25, 0.3) is 0 Å². The first-order valence-corrected chi connectivity index (χ1v) is 8.76. The van der Waals surface area contributed by atoms with E-state index in [0.29, 0.717) is 30.4 Å². The summed E-state index contributed by atoms with van der Waals surface area (Å²) in [6.45, 7) is 0.880. The maximum Gasteiger partial charge on any atom is 0.311 e. The summed E-state index contributed by atoms with van der Waals surface area (Å²) < 4.78 is 16.1. The monoisotopic (exact) mass is 360 g/mol. The van der Waals surface area contributed by atoms with Crippen LogP contribution >= 0.6 is 0 Å². The molecule has 0 bridgehead atoms. The van der Waals surface area contributed by atoms with Crippen LogP contribution in [0.1, 0.15) is 19.3 Å². The Bertz CT molecular complexity index is 745. The smallest absolute Gasteiger partial charge is 0.311 e. The van der Waals surface area contributed by atoms with Crippen LogP contribution in [0, 0.1) is 5.92 Å². The Hall–Kier alpha value is -2.77. The molecular weight excluding hydrogens is 340 g/mol. The lowest BCUT2D eigenvalue weighted by atomic mass is 10.1. The van der Waals surface area contributed by atoms with E-state index in [2.05, 4.69) is 5.32 Å². The quantitative estimate of drug-likeness (QED) is 0.774. The fraction of sp³-hybridized carbons (Fsp3) is 0.500. The third-order valence-corrected chi connectivity index (χ3v) is 4.58. The van der Waals surface area contributed by atoms with Crippen LogP contribution in [0.4, 0.5) is 5.69 Å². The van der Waals surface area contributed by atoms with Gasteiger partial charge in [-0.15, -0.1) is 0 Å². The van der Waals surface area contributed by atoms with Gasteiger partial charge in [0, 0.05) is 30.8 Å². The van der Waals surface area contributed by atoms with E-state index in [9.17, 15) is 14.4 Å². The summed E-state index contributed by atoms with van der Waals surface area (Å²) in [4.78, 5) is 37.6. The highest BCUT2D eigenvalue weighted by Gasteiger charge is 2.37. The van der Waals surface area contributed by atoms with Gasteiger partial charge in [-0.25, -0.2) is 0 Å². The Morgan fingerprint density at radius 2 is 1.96 bits per heavy atom. The summed E-state index contributed by atoms with van der Waals surface area (Å²) in [6, 6.07) is 5.48. The van der Waals surface area contributed by atoms with Gasteiger partial charge in [-0.2, -0.15) is 0 Å². The van der Waals surface area contributed by atoms with Crippen molar-refractivity contribution in [1.82, 2.24) is 5.32 Å². The van der Waals surface area contributed by atoms with Gasteiger partial charge < -0.3 is 24.4 Å². The molecule has 8 nitrogen and oxygen atoms in total. The molecule has 1 N–H and O–H groups in total. The maximum atomic E-state index is 12.3. The average Bonchev–Trinajstić information content (AvgIpc) is 3.38. The van der Waals surface area contributed by atoms with E-state index in [1.807, 2.05) is 0 Å². The number of carbonyl (C=O) groups excluding carboxylic acids is 3. The summed E-state index contributed by atoms with van der Waals surface area (Å²) in [5, 5.41) is 2.75. The molecule has 1 atom stereocenters. The molecule has 2 heterocycles. The molecule has 26 heavy (non-hydrogen) atoms. The van der Waals surface area contributed by atoms with E-state index in [-0.39, 0.29) is 37.4 Å². The first-order valence-electron chi connectivity index (χ1n) is 8.76. The van der Waals surface area contributed by atoms with Crippen molar-refractivity contribution in [1.29, 1.82) is 0 Å². The minimum Gasteiger partial charge on any atom is -0.486 e. The minimum atomic E-state index is -0.579. The van der Waals surface area contributed by atoms with E-state index in [4.69, 9.17) is 14.2 Å². The lowest BCUT2D eigenvalue weighted by Crippen LogP contribution is -2.32. The first-order chi connectivity index (χ1) is 12.6. The van der Waals surface area contributed by atoms with Gasteiger partial charge in [-0.05, 0) is 25.0 Å². The normalized spacial score (nSPS) is 21.5. The number of nitrogens with zero attached hydrogens (tertiary/aromatic N) is 1. The summed E-state index contributed by atoms with van der Waals surface area (Å²) in [5.74, 6) is -0.331. The van der Waals surface area contributed by atoms with Crippen molar-refractivity contribution in [2.45, 2.75) is 25.3 Å². The maximum absolute atomic E-state index is 12.3. The minimum absolute atomic E-state index is 0.0670. The van der Waals surface area contributed by atoms with Crippen LogP contribution in [0.2, 0.25) is 0 Å². The van der Waals surface area contributed by atoms with E-state index in [1.165, 1.54) is 4.90 Å². The predicted molar refractivity (Wildman–Crippen MR) is 90.0 cm³/mol. The number of benzene rings is 1. The average molecular weight is 360 g/mol. The van der Waals surface area contributed by atoms with Crippen molar-refractivity contribution < 1.29 is 28.6 Å². The molecule has 2 fully saturated rings. The number of hydrogen-bond acceptors (Lipinski definition) is 6. The molecule has 1 saturated heterocycles. The standard InChI is InChI=1S/C18H20N2O6/c21-16(19-12-1-2-12)10-26-18(23)11-7-17(22)20(9-11)13-3-4-14-15(8-13)25-6-5-24-14/h3-4,8,11-12H,1-2,5-7,9-10H2,(H,19,21)/t11-/m1/s1. The van der Waals surface area contributed by atoms with Crippen LogP contribution in [0.3, 0.4) is 0 Å². The topological polar surface area (TPSA) is 94.2 Å². The van der Waals surface area contributed by atoms with Crippen LogP contribution in [-0.2, 0) is 19.1 Å². The first kappa shape index (κ1) is 16.7. The molecular formula is C18H20N2O6. The van der Waals surface area contributed by atoms with Crippen molar-refractivity contribution in [3.8, 4) is 11.5 Å². The summed E-state index contributed by atoms with van der Waals surface area (Å²) in [5.41, 5.74) is 0.654. The zero-order valence-corrected chi connectivity index (χ0v) is 14.2. The zero-order chi connectivity index (χ0) is 18.1. The third-order valence-electron chi connectivity index (χ3n) is 4.58. The molecule has 0 unspecified atom stereocenters. The molecule has 1 aromatic carbocycles. The molecule has 1 saturated carbocycles. The molecule has 4 rings (SSSR count). The van der Waals surface area contributed by atoms with Gasteiger partial charge >= 0.3 is 5.97 Å². The number of ether oxygens (including phenoxy) is 3. The Labute approximate surface area is 150 Å². The number of carbonyl (C=O) groups is 3. The van der Waals surface area contributed by atoms with Gasteiger partial charge in [0.25, 0.3) is 5.91 Å². The van der Waals surface area contributed by atoms with Crippen LogP contribution in [0.15, 0.2) is 18.2 Å². The lowest BCUT2D eigenvalue weighted by Gasteiger charge is -2.22. The highest BCUT2D eigenvalue weighted by Crippen LogP contribution is 2.36. The number of fused-ring (bicyclic) bond motifs is 1. The molecule has 138 valence electrons. The highest BCUT2D eigenvalue weighted by molar-refractivity contribution is 5.99. The molecule has 1 aliphatic carbocycles. The van der Waals surface area contributed by atoms with Gasteiger partial charge in [0.2, 0.25) is 5.91 Å². The largest absolute Gasteiger partial charge is 0.486 e. The fourth-order valence-corrected chi connectivity index (χ4v) is 3.07. The van der Waals surface area contributed by atoms with Crippen molar-refractivity contribution in [2.24, 2.45) is 5.92 Å². The lowest BCUT2D eigenvalue weighted by molar-refractivity contribution is -0.152. The van der Waals surface area contributed by atoms with Crippen molar-refractivity contribution >= 4 is 23.5 Å². The number of amides is 2. The number of esters is 1. The molecule has 0 radical (unpaired) electrons. The van der Waals surface area contributed by atoms with Gasteiger partial charge in [0.15, 0.2) is 18.1 Å². The second-order valence-corrected chi connectivity index (χ2v) is 6.68. The second-order valence-electron chi connectivity index (χ2n) is 6.68. The fourth-order valence-electron chi connectivity index (χ4n) is 3.07. The van der Waals surface area contributed by atoms with Gasteiger partial charge in [-0.3, -0.25) is 14.4 Å². The Morgan fingerprint density at radius 3 is 2.73 bits per heavy atom. The molecule has 1 aromatic rings. The van der Waals surface area contributed by atoms with Crippen molar-refractivity contribution in [2.75, 3.05) is 31.3 Å². The molecule has 3 aliphatic rings. The van der Waals surface area contributed by atoms with Gasteiger partial charge in [0.05, 0.1) is 5.92 Å². The van der Waals surface area contributed by atoms with E-state index >= 15 is 0 Å². The summed E-state index contributed by atoms with van der Waals surface area (Å²) in [6.07, 6.45) is 2.01. The van der Waals surface area contributed by atoms with E-state index in [1.54, 1.807) is 18.2 Å². The van der Waals surface area contributed by atoms with Gasteiger partial charge in [0.1, 0.15) is 13.2 Å². The highest BCUT2D eigenvalue weighted by atomic mass is 16.6. The predicted octanol–water partition coefficient (Wildman–Crippen LogP) is 0.632. The molecule has 0 spiro atoms. The zero-order valence-electron chi connectivity index (χ0n) is 14.2. The SMILES string of the molecule is O=C(COC(=O)[C@@H]1CC(=O)N(c2ccc3c(c2)OCCO3)C1)NC1CC1. The number of rotatable bonds is 5. The Kier molecular flexibility index (Phi) is 4.40. The summed E-state index contributed by atoms with van der Waals surface area (Å²) in [7, 11) is 0. The number of hydrogen-bond donors (Lipinski definition) is 1. The van der Waals surface area contributed by atoms with Gasteiger partial charge in [-0.1, -0.05) is 0 Å². The molecule has 0 aromatic heterocycles. The molecule has 8 heteroatoms. The Morgan fingerprint density at radius 1 is 1.19 bits per heavy atom. The van der Waals surface area contributed by atoms with Crippen LogP contribution in [0.5, 0.6) is 11.5 Å². The van der Waals surface area contributed by atoms with Crippen LogP contribution < -0.4 is 19.7 Å². The van der Waals surface area contributed by atoms with E-state index < -0.39 is 11.9 Å². The van der Waals surface area contributed by atoms with Crippen molar-refractivity contribution in [3.05, 3.63) is 18.2 Å². The Balaban J connectivity index is 1.35. The third kappa shape index (κ3) is 3.58. The number of anilines is 1. The summed E-state index contributed by atoms with van der Waals surface area (Å²) >= 11 is 0. The number of nitrogens with one attached hydrogen (secondary N) is 1. The van der Waals surface area contributed by atoms with Crippen molar-refractivity contribution in [3.63, 3.8) is 0 Å². The molecule has 2 amide bonds. The van der Waals surface area contributed by atoms with Crippen LogP contribution in [-0.4, -0.2) is 50.2 Å². The molecule has 2 aliphatic heterocycles. The van der Waals surface area contributed by atoms with E-state index in [0.717, 1.165) is 12.8 Å².